The van der Waals surface area contributed by atoms with E-state index in [9.17, 15) is 13.6 Å². The van der Waals surface area contributed by atoms with E-state index in [2.05, 4.69) is 5.32 Å². The summed E-state index contributed by atoms with van der Waals surface area (Å²) in [5.41, 5.74) is 1.92. The molecule has 5 heteroatoms. The van der Waals surface area contributed by atoms with Gasteiger partial charge in [-0.2, -0.15) is 0 Å². The van der Waals surface area contributed by atoms with E-state index in [-0.39, 0.29) is 23.6 Å². The van der Waals surface area contributed by atoms with Crippen LogP contribution in [0.4, 0.5) is 8.78 Å². The van der Waals surface area contributed by atoms with Crippen LogP contribution in [0, 0.1) is 11.6 Å². The molecule has 2 aromatic carbocycles. The van der Waals surface area contributed by atoms with Crippen molar-refractivity contribution in [3.63, 3.8) is 0 Å². The van der Waals surface area contributed by atoms with Crippen molar-refractivity contribution in [1.29, 1.82) is 0 Å². The maximum absolute atomic E-state index is 12.9. The molecule has 1 amide bonds. The number of amides is 1. The fraction of sp³-hybridized carbons (Fsp3) is 0.316. The lowest BCUT2D eigenvalue weighted by Gasteiger charge is -2.24. The minimum Gasteiger partial charge on any atom is -0.354 e. The highest BCUT2D eigenvalue weighted by Crippen LogP contribution is 2.08. The quantitative estimate of drug-likeness (QED) is 0.845. The fourth-order valence-corrected chi connectivity index (χ4v) is 2.34. The standard InChI is InChI=1S/C19H22F2N2O/c1-14(23(2)13-16-5-9-18(21)10-6-16)19(24)22-12-11-15-3-7-17(20)8-4-15/h3-10,14H,11-13H2,1-2H3,(H,22,24). The molecular weight excluding hydrogens is 310 g/mol. The number of nitrogens with zero attached hydrogens (tertiary/aromatic N) is 1. The van der Waals surface area contributed by atoms with Crippen LogP contribution < -0.4 is 5.32 Å². The Morgan fingerprint density at radius 2 is 1.50 bits per heavy atom. The van der Waals surface area contributed by atoms with Gasteiger partial charge in [-0.3, -0.25) is 9.69 Å². The van der Waals surface area contributed by atoms with E-state index in [0.29, 0.717) is 19.5 Å². The van der Waals surface area contributed by atoms with Crippen molar-refractivity contribution in [3.8, 4) is 0 Å². The molecule has 0 radical (unpaired) electrons. The molecule has 0 bridgehead atoms. The Bertz CT molecular complexity index is 656. The second kappa shape index (κ2) is 8.55. The van der Waals surface area contributed by atoms with Crippen molar-refractivity contribution in [2.45, 2.75) is 25.9 Å². The third-order valence-electron chi connectivity index (χ3n) is 4.01. The van der Waals surface area contributed by atoms with Crippen LogP contribution in [-0.4, -0.2) is 30.4 Å². The molecule has 0 spiro atoms. The normalized spacial score (nSPS) is 12.2. The Kier molecular flexibility index (Phi) is 6.44. The number of hydrogen-bond donors (Lipinski definition) is 1. The Morgan fingerprint density at radius 1 is 1.00 bits per heavy atom. The van der Waals surface area contributed by atoms with Gasteiger partial charge in [0.25, 0.3) is 0 Å². The largest absolute Gasteiger partial charge is 0.354 e. The minimum absolute atomic E-state index is 0.0678. The molecule has 3 nitrogen and oxygen atoms in total. The summed E-state index contributed by atoms with van der Waals surface area (Å²) in [5, 5.41) is 2.89. The zero-order valence-corrected chi connectivity index (χ0v) is 13.9. The van der Waals surface area contributed by atoms with Crippen molar-refractivity contribution in [3.05, 3.63) is 71.3 Å². The number of rotatable bonds is 7. The third kappa shape index (κ3) is 5.42. The molecule has 0 saturated carbocycles. The minimum atomic E-state index is -0.303. The summed E-state index contributed by atoms with van der Waals surface area (Å²) in [6.07, 6.45) is 0.653. The van der Waals surface area contributed by atoms with Gasteiger partial charge in [0.1, 0.15) is 11.6 Å². The van der Waals surface area contributed by atoms with E-state index in [1.165, 1.54) is 24.3 Å². The molecule has 2 aromatic rings. The highest BCUT2D eigenvalue weighted by atomic mass is 19.1. The average molecular weight is 332 g/mol. The van der Waals surface area contributed by atoms with Gasteiger partial charge in [0.15, 0.2) is 0 Å². The van der Waals surface area contributed by atoms with Crippen LogP contribution in [0.25, 0.3) is 0 Å². The van der Waals surface area contributed by atoms with Crippen LogP contribution in [0.1, 0.15) is 18.1 Å². The predicted octanol–water partition coefficient (Wildman–Crippen LogP) is 3.14. The monoisotopic (exact) mass is 332 g/mol. The lowest BCUT2D eigenvalue weighted by atomic mass is 10.1. The number of nitrogens with one attached hydrogen (secondary N) is 1. The third-order valence-corrected chi connectivity index (χ3v) is 4.01. The van der Waals surface area contributed by atoms with Gasteiger partial charge in [-0.1, -0.05) is 24.3 Å². The molecular formula is C19H22F2N2O. The molecule has 0 heterocycles. The Morgan fingerprint density at radius 3 is 2.04 bits per heavy atom. The number of halogens is 2. The van der Waals surface area contributed by atoms with Crippen LogP contribution in [0.15, 0.2) is 48.5 Å². The van der Waals surface area contributed by atoms with Crippen LogP contribution in [0.2, 0.25) is 0 Å². The summed E-state index contributed by atoms with van der Waals surface area (Å²) in [7, 11) is 1.85. The van der Waals surface area contributed by atoms with E-state index in [1.54, 1.807) is 24.3 Å². The molecule has 128 valence electrons. The maximum Gasteiger partial charge on any atom is 0.237 e. The highest BCUT2D eigenvalue weighted by Gasteiger charge is 2.17. The van der Waals surface area contributed by atoms with E-state index in [1.807, 2.05) is 18.9 Å². The molecule has 0 saturated heterocycles. The van der Waals surface area contributed by atoms with Crippen molar-refractivity contribution >= 4 is 5.91 Å². The molecule has 0 fully saturated rings. The van der Waals surface area contributed by atoms with Gasteiger partial charge in [0, 0.05) is 13.1 Å². The van der Waals surface area contributed by atoms with Crippen molar-refractivity contribution in [2.75, 3.05) is 13.6 Å². The van der Waals surface area contributed by atoms with Crippen LogP contribution >= 0.6 is 0 Å². The first-order valence-corrected chi connectivity index (χ1v) is 7.92. The average Bonchev–Trinajstić information content (AvgIpc) is 2.58. The van der Waals surface area contributed by atoms with Gasteiger partial charge in [-0.05, 0) is 55.8 Å². The topological polar surface area (TPSA) is 32.3 Å². The first-order valence-electron chi connectivity index (χ1n) is 7.92. The second-order valence-corrected chi connectivity index (χ2v) is 5.89. The molecule has 1 atom stereocenters. The summed E-state index contributed by atoms with van der Waals surface area (Å²) in [5.74, 6) is -0.603. The number of hydrogen-bond acceptors (Lipinski definition) is 2. The van der Waals surface area contributed by atoms with E-state index in [0.717, 1.165) is 11.1 Å². The predicted molar refractivity (Wildman–Crippen MR) is 90.4 cm³/mol. The first-order chi connectivity index (χ1) is 11.5. The fourth-order valence-electron chi connectivity index (χ4n) is 2.34. The highest BCUT2D eigenvalue weighted by molar-refractivity contribution is 5.81. The Labute approximate surface area is 141 Å². The molecule has 0 aliphatic rings. The van der Waals surface area contributed by atoms with Crippen molar-refractivity contribution in [1.82, 2.24) is 10.2 Å². The number of benzene rings is 2. The lowest BCUT2D eigenvalue weighted by molar-refractivity contribution is -0.125. The van der Waals surface area contributed by atoms with E-state index in [4.69, 9.17) is 0 Å². The molecule has 0 aromatic heterocycles. The van der Waals surface area contributed by atoms with E-state index < -0.39 is 0 Å². The van der Waals surface area contributed by atoms with Crippen molar-refractivity contribution in [2.24, 2.45) is 0 Å². The van der Waals surface area contributed by atoms with Crippen LogP contribution in [0.5, 0.6) is 0 Å². The van der Waals surface area contributed by atoms with Crippen LogP contribution in [0.3, 0.4) is 0 Å². The SMILES string of the molecule is CC(C(=O)NCCc1ccc(F)cc1)N(C)Cc1ccc(F)cc1. The zero-order valence-electron chi connectivity index (χ0n) is 13.9. The van der Waals surface area contributed by atoms with Gasteiger partial charge in [-0.25, -0.2) is 8.78 Å². The van der Waals surface area contributed by atoms with Gasteiger partial charge in [0.05, 0.1) is 6.04 Å². The van der Waals surface area contributed by atoms with Gasteiger partial charge in [-0.15, -0.1) is 0 Å². The molecule has 2 rings (SSSR count). The molecule has 1 N–H and O–H groups in total. The van der Waals surface area contributed by atoms with Gasteiger partial charge >= 0.3 is 0 Å². The molecule has 24 heavy (non-hydrogen) atoms. The molecule has 0 aliphatic heterocycles. The van der Waals surface area contributed by atoms with Crippen LogP contribution in [-0.2, 0) is 17.8 Å². The van der Waals surface area contributed by atoms with Gasteiger partial charge < -0.3 is 5.32 Å². The molecule has 0 aliphatic carbocycles. The maximum atomic E-state index is 12.9. The summed E-state index contributed by atoms with van der Waals surface area (Å²) in [6.45, 7) is 2.89. The Balaban J connectivity index is 1.78. The van der Waals surface area contributed by atoms with E-state index >= 15 is 0 Å². The molecule has 1 unspecified atom stereocenters. The summed E-state index contributed by atoms with van der Waals surface area (Å²) >= 11 is 0. The smallest absolute Gasteiger partial charge is 0.237 e. The number of likely N-dealkylation sites (N-methyl/N-ethyl adjacent to an activating group) is 1. The summed E-state index contributed by atoms with van der Waals surface area (Å²) in [6, 6.07) is 12.2. The summed E-state index contributed by atoms with van der Waals surface area (Å²) in [4.78, 5) is 14.1. The number of carbonyl (C=O) groups is 1. The lowest BCUT2D eigenvalue weighted by Crippen LogP contribution is -2.43. The van der Waals surface area contributed by atoms with Gasteiger partial charge in [0.2, 0.25) is 5.91 Å². The van der Waals surface area contributed by atoms with Crippen molar-refractivity contribution < 1.29 is 13.6 Å². The number of carbonyl (C=O) groups excluding carboxylic acids is 1. The second-order valence-electron chi connectivity index (χ2n) is 5.89. The zero-order chi connectivity index (χ0) is 17.5. The first kappa shape index (κ1) is 18.1. The summed E-state index contributed by atoms with van der Waals surface area (Å²) < 4.78 is 25.8. The Hall–Kier alpha value is -2.27.